The van der Waals surface area contributed by atoms with Crippen molar-refractivity contribution in [2.45, 2.75) is 31.0 Å². The number of carbonyl (C=O) groups is 1. The van der Waals surface area contributed by atoms with E-state index in [1.165, 1.54) is 0 Å². The number of pyridine rings is 1. The van der Waals surface area contributed by atoms with E-state index in [2.05, 4.69) is 10.3 Å². The minimum absolute atomic E-state index is 0.0684. The third-order valence-electron chi connectivity index (χ3n) is 4.00. The predicted octanol–water partition coefficient (Wildman–Crippen LogP) is 0.470. The van der Waals surface area contributed by atoms with Crippen molar-refractivity contribution in [2.24, 2.45) is 5.73 Å². The fourth-order valence-corrected chi connectivity index (χ4v) is 2.94. The van der Waals surface area contributed by atoms with Gasteiger partial charge in [0.1, 0.15) is 11.7 Å². The maximum absolute atomic E-state index is 11.4. The molecule has 2 saturated heterocycles. The van der Waals surface area contributed by atoms with Gasteiger partial charge in [0.25, 0.3) is 5.91 Å². The first kappa shape index (κ1) is 13.3. The van der Waals surface area contributed by atoms with Gasteiger partial charge in [-0.25, -0.2) is 4.98 Å². The Labute approximate surface area is 117 Å². The summed E-state index contributed by atoms with van der Waals surface area (Å²) < 4.78 is 11.8. The standard InChI is InChI=1S/C14H19N3O3/c15-12(18)11-2-1-5-17-13(11)20-10-8-14(19-9-10)3-6-16-7-4-14/h1-2,5,10,16H,3-4,6-9H2,(H2,15,18). The van der Waals surface area contributed by atoms with Gasteiger partial charge in [-0.1, -0.05) is 0 Å². The molecule has 0 bridgehead atoms. The van der Waals surface area contributed by atoms with Crippen molar-refractivity contribution >= 4 is 5.91 Å². The first-order valence-electron chi connectivity index (χ1n) is 6.95. The second-order valence-corrected chi connectivity index (χ2v) is 5.41. The van der Waals surface area contributed by atoms with Crippen LogP contribution < -0.4 is 15.8 Å². The summed E-state index contributed by atoms with van der Waals surface area (Å²) in [7, 11) is 0. The van der Waals surface area contributed by atoms with E-state index in [9.17, 15) is 4.79 Å². The van der Waals surface area contributed by atoms with E-state index < -0.39 is 5.91 Å². The molecule has 3 rings (SSSR count). The number of rotatable bonds is 3. The molecule has 108 valence electrons. The van der Waals surface area contributed by atoms with Crippen LogP contribution in [0, 0.1) is 0 Å². The Morgan fingerprint density at radius 3 is 3.05 bits per heavy atom. The lowest BCUT2D eigenvalue weighted by Gasteiger charge is -2.32. The summed E-state index contributed by atoms with van der Waals surface area (Å²) in [6.07, 6.45) is 4.36. The minimum atomic E-state index is -0.524. The van der Waals surface area contributed by atoms with Crippen LogP contribution in [0.15, 0.2) is 18.3 Å². The van der Waals surface area contributed by atoms with Crippen LogP contribution in [0.3, 0.4) is 0 Å². The van der Waals surface area contributed by atoms with Crippen LogP contribution in [-0.4, -0.2) is 42.3 Å². The number of ether oxygens (including phenoxy) is 2. The van der Waals surface area contributed by atoms with Gasteiger partial charge in [-0.3, -0.25) is 4.79 Å². The fourth-order valence-electron chi connectivity index (χ4n) is 2.94. The van der Waals surface area contributed by atoms with Crippen LogP contribution >= 0.6 is 0 Å². The first-order valence-corrected chi connectivity index (χ1v) is 6.95. The SMILES string of the molecule is NC(=O)c1cccnc1OC1COC2(CCNCC2)C1. The molecule has 2 aliphatic rings. The Kier molecular flexibility index (Phi) is 3.58. The van der Waals surface area contributed by atoms with Gasteiger partial charge in [0.05, 0.1) is 12.2 Å². The lowest BCUT2D eigenvalue weighted by atomic mass is 9.89. The summed E-state index contributed by atoms with van der Waals surface area (Å²) in [6.45, 7) is 2.49. The van der Waals surface area contributed by atoms with Gasteiger partial charge in [-0.15, -0.1) is 0 Å². The van der Waals surface area contributed by atoms with Crippen LogP contribution in [0.25, 0.3) is 0 Å². The van der Waals surface area contributed by atoms with E-state index in [1.807, 2.05) is 0 Å². The molecule has 6 heteroatoms. The molecule has 6 nitrogen and oxygen atoms in total. The van der Waals surface area contributed by atoms with E-state index in [0.29, 0.717) is 18.1 Å². The van der Waals surface area contributed by atoms with Crippen molar-refractivity contribution in [2.75, 3.05) is 19.7 Å². The summed E-state index contributed by atoms with van der Waals surface area (Å²) in [6, 6.07) is 3.30. The summed E-state index contributed by atoms with van der Waals surface area (Å²) in [5.41, 5.74) is 5.57. The smallest absolute Gasteiger partial charge is 0.254 e. The Hall–Kier alpha value is -1.66. The van der Waals surface area contributed by atoms with Gasteiger partial charge in [-0.05, 0) is 38.1 Å². The molecular formula is C14H19N3O3. The maximum atomic E-state index is 11.4. The van der Waals surface area contributed by atoms with Crippen molar-refractivity contribution in [3.8, 4) is 5.88 Å². The lowest BCUT2D eigenvalue weighted by molar-refractivity contribution is -0.0206. The molecule has 2 fully saturated rings. The molecule has 0 aromatic carbocycles. The van der Waals surface area contributed by atoms with Crippen molar-refractivity contribution in [1.29, 1.82) is 0 Å². The highest BCUT2D eigenvalue weighted by molar-refractivity contribution is 5.94. The Bertz CT molecular complexity index is 500. The number of hydrogen-bond donors (Lipinski definition) is 2. The van der Waals surface area contributed by atoms with E-state index in [1.54, 1.807) is 18.3 Å². The average molecular weight is 277 g/mol. The van der Waals surface area contributed by atoms with E-state index in [0.717, 1.165) is 32.4 Å². The minimum Gasteiger partial charge on any atom is -0.471 e. The largest absolute Gasteiger partial charge is 0.471 e. The molecule has 0 aliphatic carbocycles. The number of nitrogens with one attached hydrogen (secondary N) is 1. The first-order chi connectivity index (χ1) is 9.69. The van der Waals surface area contributed by atoms with Crippen LogP contribution in [-0.2, 0) is 4.74 Å². The molecule has 20 heavy (non-hydrogen) atoms. The summed E-state index contributed by atoms with van der Waals surface area (Å²) in [5.74, 6) is -0.219. The van der Waals surface area contributed by atoms with Crippen molar-refractivity contribution in [1.82, 2.24) is 10.3 Å². The van der Waals surface area contributed by atoms with Crippen molar-refractivity contribution in [3.63, 3.8) is 0 Å². The molecule has 1 unspecified atom stereocenters. The zero-order valence-corrected chi connectivity index (χ0v) is 11.3. The lowest BCUT2D eigenvalue weighted by Crippen LogP contribution is -2.41. The number of nitrogens with zero attached hydrogens (tertiary/aromatic N) is 1. The number of aromatic nitrogens is 1. The summed E-state index contributed by atoms with van der Waals surface area (Å²) >= 11 is 0. The molecule has 3 heterocycles. The van der Waals surface area contributed by atoms with E-state index >= 15 is 0 Å². The fraction of sp³-hybridized carbons (Fsp3) is 0.571. The number of carbonyl (C=O) groups excluding carboxylic acids is 1. The molecule has 1 aromatic rings. The molecule has 3 N–H and O–H groups in total. The Morgan fingerprint density at radius 1 is 1.50 bits per heavy atom. The monoisotopic (exact) mass is 277 g/mol. The van der Waals surface area contributed by atoms with E-state index in [4.69, 9.17) is 15.2 Å². The third-order valence-corrected chi connectivity index (χ3v) is 4.00. The summed E-state index contributed by atoms with van der Waals surface area (Å²) in [4.78, 5) is 15.5. The molecule has 1 spiro atoms. The zero-order chi connectivity index (χ0) is 14.0. The molecular weight excluding hydrogens is 258 g/mol. The Morgan fingerprint density at radius 2 is 2.30 bits per heavy atom. The highest BCUT2D eigenvalue weighted by Gasteiger charge is 2.42. The van der Waals surface area contributed by atoms with Gasteiger partial charge in [0.15, 0.2) is 0 Å². The van der Waals surface area contributed by atoms with Gasteiger partial charge in [0, 0.05) is 12.6 Å². The van der Waals surface area contributed by atoms with Gasteiger partial charge in [-0.2, -0.15) is 0 Å². The van der Waals surface area contributed by atoms with Crippen LogP contribution in [0.1, 0.15) is 29.6 Å². The second kappa shape index (κ2) is 5.38. The van der Waals surface area contributed by atoms with Crippen molar-refractivity contribution in [3.05, 3.63) is 23.9 Å². The quantitative estimate of drug-likeness (QED) is 0.838. The number of hydrogen-bond acceptors (Lipinski definition) is 5. The Balaban J connectivity index is 1.69. The highest BCUT2D eigenvalue weighted by Crippen LogP contribution is 2.35. The van der Waals surface area contributed by atoms with Gasteiger partial charge in [0.2, 0.25) is 5.88 Å². The highest BCUT2D eigenvalue weighted by atomic mass is 16.6. The molecule has 0 saturated carbocycles. The van der Waals surface area contributed by atoms with Crippen LogP contribution in [0.2, 0.25) is 0 Å². The maximum Gasteiger partial charge on any atom is 0.254 e. The topological polar surface area (TPSA) is 86.5 Å². The predicted molar refractivity (Wildman–Crippen MR) is 72.6 cm³/mol. The average Bonchev–Trinajstić information content (AvgIpc) is 2.82. The normalized spacial score (nSPS) is 24.7. The van der Waals surface area contributed by atoms with Crippen molar-refractivity contribution < 1.29 is 14.3 Å². The second-order valence-electron chi connectivity index (χ2n) is 5.41. The van der Waals surface area contributed by atoms with Crippen LogP contribution in [0.5, 0.6) is 5.88 Å². The van der Waals surface area contributed by atoms with Crippen LogP contribution in [0.4, 0.5) is 0 Å². The molecule has 0 radical (unpaired) electrons. The molecule has 1 amide bonds. The number of piperidine rings is 1. The molecule has 1 atom stereocenters. The third kappa shape index (κ3) is 2.62. The number of nitrogens with two attached hydrogens (primary N) is 1. The van der Waals surface area contributed by atoms with E-state index in [-0.39, 0.29) is 11.7 Å². The zero-order valence-electron chi connectivity index (χ0n) is 11.3. The van der Waals surface area contributed by atoms with Gasteiger partial charge < -0.3 is 20.5 Å². The number of amides is 1. The van der Waals surface area contributed by atoms with Gasteiger partial charge >= 0.3 is 0 Å². The number of primary amides is 1. The summed E-state index contributed by atoms with van der Waals surface area (Å²) in [5, 5.41) is 3.33. The molecule has 2 aliphatic heterocycles. The molecule has 1 aromatic heterocycles.